The molecule has 3 saturated carbocycles. The van der Waals surface area contributed by atoms with Crippen molar-refractivity contribution in [3.63, 3.8) is 0 Å². The summed E-state index contributed by atoms with van der Waals surface area (Å²) in [6.07, 6.45) is -28.7. The van der Waals surface area contributed by atoms with Crippen molar-refractivity contribution >= 4 is 0 Å². The summed E-state index contributed by atoms with van der Waals surface area (Å²) in [5.74, 6) is -3.13. The summed E-state index contributed by atoms with van der Waals surface area (Å²) in [5.41, 5.74) is -0.274. The molecule has 0 amide bonds. The molecular formula is C50H80O24. The van der Waals surface area contributed by atoms with Gasteiger partial charge in [0.25, 0.3) is 0 Å². The maximum absolute atomic E-state index is 12.3. The molecule has 24 heteroatoms. The van der Waals surface area contributed by atoms with Gasteiger partial charge in [0, 0.05) is 29.6 Å². The summed E-state index contributed by atoms with van der Waals surface area (Å²) < 4.78 is 62.6. The number of rotatable bonds is 10. The first-order chi connectivity index (χ1) is 35.0. The van der Waals surface area contributed by atoms with Crippen molar-refractivity contribution in [2.24, 2.45) is 46.3 Å². The second kappa shape index (κ2) is 21.0. The van der Waals surface area contributed by atoms with E-state index in [9.17, 15) is 71.5 Å². The number of hydrogen-bond donors (Lipinski definition) is 14. The highest BCUT2D eigenvalue weighted by Gasteiger charge is 2.73. The fourth-order valence-electron chi connectivity index (χ4n) is 15.4. The average Bonchev–Trinajstić information content (AvgIpc) is 3.85. The molecule has 9 fully saturated rings. The molecular weight excluding hydrogens is 985 g/mol. The lowest BCUT2D eigenvalue weighted by Gasteiger charge is -2.61. The van der Waals surface area contributed by atoms with Gasteiger partial charge in [-0.2, -0.15) is 0 Å². The smallest absolute Gasteiger partial charge is 0.202 e. The van der Waals surface area contributed by atoms with Crippen LogP contribution in [-0.2, 0) is 47.4 Å². The van der Waals surface area contributed by atoms with E-state index in [0.29, 0.717) is 32.1 Å². The molecule has 14 N–H and O–H groups in total. The number of allylic oxidation sites excluding steroid dienone is 1. The standard InChI is InChI=1S/C50H80O24/c1-17-15-66-50(43(64)40(17)71-45-38(62)35(59)31(55)18(2)67-45)25(13-51)30-27(74-50)12-24-22-7-6-20-10-21(53)11-29(49(20,5)23(22)8-9-48(24,30)4)70-47-42(73-46-39(63)36(60)32(56)19(3)68-46)41(34(58)28(14-52)69-47)72-44-37(61)33(57)26(54)16-65-44/h6,17-19,21-47,51-64H,7-16H2,1-5H3/t17-,18+,19-,21+,22+,23-,24-,25-,26+,27-,28+,29+,30-,31-,32-,33-,34+,35-,36+,37+,38+,39+,40-,41-,42+,43-,44-,45-,46-,47-,48-,49-,50-/m0/s1. The Morgan fingerprint density at radius 1 is 0.622 bits per heavy atom. The molecule has 0 unspecified atom stereocenters. The second-order valence-corrected chi connectivity index (χ2v) is 23.7. The van der Waals surface area contributed by atoms with Crippen LogP contribution < -0.4 is 0 Å². The number of fused-ring (bicyclic) bond motifs is 7. The SMILES string of the molecule is C[C@@H]1O[C@@H](O[C@H]2[C@H](O[C@@H]3C[C@H](O)CC4=CC[C@H]5[C@@H]6C[C@@H]7O[C@@]8(OC[C@H](C)[C@H](O[C@@H]9O[C@H](C)[C@H](O)[C@H](O)[C@H]9O)[C@@H]8O)[C@@H](CO)[C@@H]7[C@@]6(C)CC[C@@H]5[C@]43C)O[C@H](CO)[C@@H](O)[C@@H]2O[C@@H]2OC[C@@H](O)[C@H](O)[C@H]2O)[C@H](O)[C@H](O)[C@H]1O. The lowest BCUT2D eigenvalue weighted by molar-refractivity contribution is -0.393. The molecule has 0 aromatic heterocycles. The van der Waals surface area contributed by atoms with Gasteiger partial charge in [-0.1, -0.05) is 32.4 Å². The third-order valence-electron chi connectivity index (χ3n) is 19.6. The Hall–Kier alpha value is -1.22. The molecule has 4 aliphatic carbocycles. The van der Waals surface area contributed by atoms with Crippen molar-refractivity contribution in [1.82, 2.24) is 0 Å². The second-order valence-electron chi connectivity index (χ2n) is 23.7. The van der Waals surface area contributed by atoms with Crippen molar-refractivity contribution in [2.45, 2.75) is 226 Å². The maximum Gasteiger partial charge on any atom is 0.202 e. The van der Waals surface area contributed by atoms with E-state index in [2.05, 4.69) is 19.9 Å². The predicted octanol–water partition coefficient (Wildman–Crippen LogP) is -4.41. The quantitative estimate of drug-likeness (QED) is 0.0919. The number of hydrogen-bond acceptors (Lipinski definition) is 24. The first-order valence-electron chi connectivity index (χ1n) is 26.6. The van der Waals surface area contributed by atoms with Crippen LogP contribution >= 0.6 is 0 Å². The highest BCUT2D eigenvalue weighted by Crippen LogP contribution is 2.71. The van der Waals surface area contributed by atoms with Gasteiger partial charge >= 0.3 is 0 Å². The van der Waals surface area contributed by atoms with Crippen LogP contribution in [0.3, 0.4) is 0 Å². The van der Waals surface area contributed by atoms with Crippen LogP contribution in [0.4, 0.5) is 0 Å². The van der Waals surface area contributed by atoms with Crippen molar-refractivity contribution in [3.05, 3.63) is 11.6 Å². The molecule has 424 valence electrons. The van der Waals surface area contributed by atoms with Crippen molar-refractivity contribution < 1.29 is 119 Å². The highest BCUT2D eigenvalue weighted by molar-refractivity contribution is 5.29. The van der Waals surface area contributed by atoms with Gasteiger partial charge < -0.3 is 119 Å². The van der Waals surface area contributed by atoms with Crippen LogP contribution in [0, 0.1) is 46.3 Å². The van der Waals surface area contributed by atoms with Crippen molar-refractivity contribution in [3.8, 4) is 0 Å². The van der Waals surface area contributed by atoms with E-state index in [4.69, 9.17) is 47.4 Å². The van der Waals surface area contributed by atoms with Crippen LogP contribution in [0.1, 0.15) is 73.1 Å². The molecule has 33 atom stereocenters. The largest absolute Gasteiger partial charge is 0.396 e. The third kappa shape index (κ3) is 8.99. The summed E-state index contributed by atoms with van der Waals surface area (Å²) in [6.45, 7) is 7.55. The monoisotopic (exact) mass is 1060 g/mol. The topological polar surface area (TPSA) is 376 Å². The molecule has 10 aliphatic rings. The normalized spacial score (nSPS) is 58.6. The van der Waals surface area contributed by atoms with Crippen molar-refractivity contribution in [1.29, 1.82) is 0 Å². The maximum atomic E-state index is 12.3. The lowest BCUT2D eigenvalue weighted by Crippen LogP contribution is -2.67. The molecule has 1 spiro atoms. The fourth-order valence-corrected chi connectivity index (χ4v) is 15.4. The Balaban J connectivity index is 0.921. The predicted molar refractivity (Wildman–Crippen MR) is 245 cm³/mol. The lowest BCUT2D eigenvalue weighted by atomic mass is 9.46. The summed E-state index contributed by atoms with van der Waals surface area (Å²) in [6, 6.07) is 0. The molecule has 74 heavy (non-hydrogen) atoms. The summed E-state index contributed by atoms with van der Waals surface area (Å²) in [4.78, 5) is 0. The van der Waals surface area contributed by atoms with Gasteiger partial charge in [0.05, 0.1) is 63.1 Å². The van der Waals surface area contributed by atoms with Gasteiger partial charge in [0.2, 0.25) is 5.79 Å². The summed E-state index contributed by atoms with van der Waals surface area (Å²) >= 11 is 0. The molecule has 6 heterocycles. The van der Waals surface area contributed by atoms with Crippen LogP contribution in [0.2, 0.25) is 0 Å². The minimum atomic E-state index is -1.84. The molecule has 24 nitrogen and oxygen atoms in total. The van der Waals surface area contributed by atoms with Gasteiger partial charge in [-0.05, 0) is 69.1 Å². The van der Waals surface area contributed by atoms with E-state index >= 15 is 0 Å². The van der Waals surface area contributed by atoms with Crippen LogP contribution in [0.15, 0.2) is 11.6 Å². The van der Waals surface area contributed by atoms with E-state index in [1.54, 1.807) is 6.92 Å². The van der Waals surface area contributed by atoms with Gasteiger partial charge in [0.1, 0.15) is 85.5 Å². The van der Waals surface area contributed by atoms with E-state index < -0.39 is 189 Å². The zero-order valence-corrected chi connectivity index (χ0v) is 42.3. The first kappa shape index (κ1) is 56.1. The molecule has 0 bridgehead atoms. The van der Waals surface area contributed by atoms with Gasteiger partial charge in [-0.25, -0.2) is 0 Å². The van der Waals surface area contributed by atoms with Gasteiger partial charge in [-0.15, -0.1) is 0 Å². The van der Waals surface area contributed by atoms with E-state index in [1.165, 1.54) is 13.8 Å². The number of aliphatic hydroxyl groups excluding tert-OH is 14. The van der Waals surface area contributed by atoms with Crippen LogP contribution in [0.5, 0.6) is 0 Å². The Labute approximate surface area is 428 Å². The minimum Gasteiger partial charge on any atom is -0.396 e. The molecule has 6 saturated heterocycles. The first-order valence-corrected chi connectivity index (χ1v) is 26.6. The van der Waals surface area contributed by atoms with E-state index in [0.717, 1.165) is 5.57 Å². The van der Waals surface area contributed by atoms with Gasteiger partial charge in [-0.3, -0.25) is 0 Å². The van der Waals surface area contributed by atoms with Gasteiger partial charge in [0.15, 0.2) is 25.2 Å². The van der Waals surface area contributed by atoms with Crippen molar-refractivity contribution in [2.75, 3.05) is 26.4 Å². The fraction of sp³-hybridized carbons (Fsp3) is 0.960. The van der Waals surface area contributed by atoms with Crippen LogP contribution in [0.25, 0.3) is 0 Å². The highest BCUT2D eigenvalue weighted by atomic mass is 16.8. The molecule has 10 rings (SSSR count). The number of ether oxygens (including phenoxy) is 10. The zero-order valence-electron chi connectivity index (χ0n) is 42.3. The molecule has 0 aromatic rings. The molecule has 6 aliphatic heterocycles. The Kier molecular flexibility index (Phi) is 15.9. The van der Waals surface area contributed by atoms with E-state index in [1.807, 2.05) is 0 Å². The average molecular weight is 1070 g/mol. The Morgan fingerprint density at radius 2 is 1.24 bits per heavy atom. The number of aliphatic hydroxyl groups is 14. The Bertz CT molecular complexity index is 1990. The minimum absolute atomic E-state index is 0.0182. The van der Waals surface area contributed by atoms with E-state index in [-0.39, 0.29) is 43.3 Å². The zero-order chi connectivity index (χ0) is 53.2. The Morgan fingerprint density at radius 3 is 1.88 bits per heavy atom. The van der Waals surface area contributed by atoms with Crippen LogP contribution in [-0.4, -0.2) is 251 Å². The summed E-state index contributed by atoms with van der Waals surface area (Å²) in [5, 5.41) is 153. The molecule has 0 aromatic carbocycles. The third-order valence-corrected chi connectivity index (χ3v) is 19.6. The summed E-state index contributed by atoms with van der Waals surface area (Å²) in [7, 11) is 0. The molecule has 0 radical (unpaired) electrons.